The van der Waals surface area contributed by atoms with Gasteiger partial charge in [-0.2, -0.15) is 0 Å². The molecule has 19 heavy (non-hydrogen) atoms. The first-order valence-electron chi connectivity index (χ1n) is 6.11. The standard InChI is InChI=1S/C15H13BrN2O/c16-11-6-7-12-13(8-11)18-15(19)14(12)17-9-10-4-2-1-3-5-10/h1-8,14,17H,9H2,(H,18,19). The Hall–Kier alpha value is -1.65. The SMILES string of the molecule is O=C1Nc2cc(Br)ccc2C1NCc1ccccc1. The van der Waals surface area contributed by atoms with Crippen LogP contribution < -0.4 is 10.6 Å². The van der Waals surface area contributed by atoms with Crippen molar-refractivity contribution < 1.29 is 4.79 Å². The summed E-state index contributed by atoms with van der Waals surface area (Å²) in [4.78, 5) is 12.0. The average molecular weight is 317 g/mol. The predicted molar refractivity (Wildman–Crippen MR) is 78.8 cm³/mol. The maximum atomic E-state index is 12.0. The first-order valence-corrected chi connectivity index (χ1v) is 6.91. The molecule has 1 amide bonds. The van der Waals surface area contributed by atoms with E-state index in [2.05, 4.69) is 26.6 Å². The third-order valence-corrected chi connectivity index (χ3v) is 3.69. The highest BCUT2D eigenvalue weighted by atomic mass is 79.9. The zero-order valence-corrected chi connectivity index (χ0v) is 11.8. The molecule has 0 radical (unpaired) electrons. The van der Waals surface area contributed by atoms with Crippen LogP contribution in [0.1, 0.15) is 17.2 Å². The van der Waals surface area contributed by atoms with Crippen LogP contribution in [-0.2, 0) is 11.3 Å². The minimum atomic E-state index is -0.275. The van der Waals surface area contributed by atoms with Gasteiger partial charge in [-0.15, -0.1) is 0 Å². The van der Waals surface area contributed by atoms with E-state index in [1.54, 1.807) is 0 Å². The second-order valence-corrected chi connectivity index (χ2v) is 5.44. The summed E-state index contributed by atoms with van der Waals surface area (Å²) >= 11 is 3.41. The predicted octanol–water partition coefficient (Wildman–Crippen LogP) is 3.23. The monoisotopic (exact) mass is 316 g/mol. The highest BCUT2D eigenvalue weighted by Gasteiger charge is 2.29. The lowest BCUT2D eigenvalue weighted by atomic mass is 10.1. The van der Waals surface area contributed by atoms with E-state index in [0.717, 1.165) is 15.7 Å². The van der Waals surface area contributed by atoms with Crippen molar-refractivity contribution in [1.29, 1.82) is 0 Å². The van der Waals surface area contributed by atoms with E-state index in [-0.39, 0.29) is 11.9 Å². The van der Waals surface area contributed by atoms with Gasteiger partial charge >= 0.3 is 0 Å². The Kier molecular flexibility index (Phi) is 3.36. The molecule has 2 aromatic rings. The molecule has 0 aliphatic carbocycles. The molecule has 1 atom stereocenters. The summed E-state index contributed by atoms with van der Waals surface area (Å²) in [5.41, 5.74) is 3.05. The maximum absolute atomic E-state index is 12.0. The molecule has 1 aliphatic heterocycles. The van der Waals surface area contributed by atoms with Crippen LogP contribution in [0, 0.1) is 0 Å². The highest BCUT2D eigenvalue weighted by molar-refractivity contribution is 9.10. The summed E-state index contributed by atoms with van der Waals surface area (Å²) in [6, 6.07) is 15.6. The minimum Gasteiger partial charge on any atom is -0.324 e. The van der Waals surface area contributed by atoms with Gasteiger partial charge in [0.2, 0.25) is 5.91 Å². The Bertz CT molecular complexity index is 613. The average Bonchev–Trinajstić information content (AvgIpc) is 2.72. The highest BCUT2D eigenvalue weighted by Crippen LogP contribution is 2.33. The molecule has 0 bridgehead atoms. The number of amides is 1. The van der Waals surface area contributed by atoms with Crippen molar-refractivity contribution in [2.75, 3.05) is 5.32 Å². The molecule has 1 unspecified atom stereocenters. The zero-order chi connectivity index (χ0) is 13.2. The molecule has 1 aliphatic rings. The fourth-order valence-corrected chi connectivity index (χ4v) is 2.61. The number of nitrogens with one attached hydrogen (secondary N) is 2. The number of rotatable bonds is 3. The molecular formula is C15H13BrN2O. The molecule has 0 fully saturated rings. The van der Waals surface area contributed by atoms with E-state index in [1.807, 2.05) is 48.5 Å². The fourth-order valence-electron chi connectivity index (χ4n) is 2.25. The summed E-state index contributed by atoms with van der Waals surface area (Å²) in [5.74, 6) is 0.00373. The molecule has 3 rings (SSSR count). The van der Waals surface area contributed by atoms with E-state index < -0.39 is 0 Å². The molecule has 0 saturated heterocycles. The van der Waals surface area contributed by atoms with E-state index >= 15 is 0 Å². The van der Waals surface area contributed by atoms with Crippen molar-refractivity contribution in [2.24, 2.45) is 0 Å². The lowest BCUT2D eigenvalue weighted by Crippen LogP contribution is -2.27. The first-order chi connectivity index (χ1) is 9.24. The Morgan fingerprint density at radius 1 is 1.16 bits per heavy atom. The van der Waals surface area contributed by atoms with Crippen LogP contribution in [0.3, 0.4) is 0 Å². The number of halogens is 1. The van der Waals surface area contributed by atoms with Crippen molar-refractivity contribution in [3.05, 3.63) is 64.1 Å². The molecule has 2 N–H and O–H groups in total. The van der Waals surface area contributed by atoms with Crippen molar-refractivity contribution in [3.63, 3.8) is 0 Å². The Labute approximate surface area is 120 Å². The zero-order valence-electron chi connectivity index (χ0n) is 10.2. The number of carbonyl (C=O) groups excluding carboxylic acids is 1. The lowest BCUT2D eigenvalue weighted by Gasteiger charge is -2.11. The van der Waals surface area contributed by atoms with Crippen LogP contribution in [0.15, 0.2) is 53.0 Å². The molecule has 3 nitrogen and oxygen atoms in total. The van der Waals surface area contributed by atoms with E-state index in [0.29, 0.717) is 6.54 Å². The van der Waals surface area contributed by atoms with Gasteiger partial charge in [0, 0.05) is 22.3 Å². The third-order valence-electron chi connectivity index (χ3n) is 3.20. The molecule has 0 saturated carbocycles. The summed E-state index contributed by atoms with van der Waals surface area (Å²) in [7, 11) is 0. The van der Waals surface area contributed by atoms with Crippen LogP contribution in [0.2, 0.25) is 0 Å². The topological polar surface area (TPSA) is 41.1 Å². The summed E-state index contributed by atoms with van der Waals surface area (Å²) in [6.45, 7) is 0.675. The number of hydrogen-bond donors (Lipinski definition) is 2. The number of hydrogen-bond acceptors (Lipinski definition) is 2. The van der Waals surface area contributed by atoms with Crippen LogP contribution in [0.5, 0.6) is 0 Å². The molecule has 0 aromatic heterocycles. The Balaban J connectivity index is 1.77. The molecule has 96 valence electrons. The second-order valence-electron chi connectivity index (χ2n) is 4.52. The van der Waals surface area contributed by atoms with Crippen molar-refractivity contribution >= 4 is 27.5 Å². The number of carbonyl (C=O) groups is 1. The summed E-state index contributed by atoms with van der Waals surface area (Å²) < 4.78 is 0.968. The van der Waals surface area contributed by atoms with Gasteiger partial charge in [-0.1, -0.05) is 52.3 Å². The van der Waals surface area contributed by atoms with Gasteiger partial charge in [0.15, 0.2) is 0 Å². The minimum absolute atomic E-state index is 0.00373. The Morgan fingerprint density at radius 2 is 1.95 bits per heavy atom. The summed E-state index contributed by atoms with van der Waals surface area (Å²) in [5, 5.41) is 6.19. The molecular weight excluding hydrogens is 304 g/mol. The third kappa shape index (κ3) is 2.55. The van der Waals surface area contributed by atoms with E-state index in [1.165, 1.54) is 5.56 Å². The van der Waals surface area contributed by atoms with Crippen LogP contribution in [0.4, 0.5) is 5.69 Å². The van der Waals surface area contributed by atoms with Gasteiger partial charge < -0.3 is 5.32 Å². The second kappa shape index (κ2) is 5.15. The largest absolute Gasteiger partial charge is 0.324 e. The molecule has 2 aromatic carbocycles. The summed E-state index contributed by atoms with van der Waals surface area (Å²) in [6.07, 6.45) is 0. The maximum Gasteiger partial charge on any atom is 0.246 e. The fraction of sp³-hybridized carbons (Fsp3) is 0.133. The van der Waals surface area contributed by atoms with Gasteiger partial charge in [-0.25, -0.2) is 0 Å². The van der Waals surface area contributed by atoms with Crippen LogP contribution in [-0.4, -0.2) is 5.91 Å². The molecule has 0 spiro atoms. The van der Waals surface area contributed by atoms with Crippen molar-refractivity contribution in [2.45, 2.75) is 12.6 Å². The van der Waals surface area contributed by atoms with E-state index in [9.17, 15) is 4.79 Å². The first kappa shape index (κ1) is 12.4. The number of benzene rings is 2. The van der Waals surface area contributed by atoms with Gasteiger partial charge in [0.25, 0.3) is 0 Å². The number of fused-ring (bicyclic) bond motifs is 1. The van der Waals surface area contributed by atoms with Crippen LogP contribution >= 0.6 is 15.9 Å². The van der Waals surface area contributed by atoms with E-state index in [4.69, 9.17) is 0 Å². The molecule has 4 heteroatoms. The van der Waals surface area contributed by atoms with Gasteiger partial charge in [-0.3, -0.25) is 10.1 Å². The lowest BCUT2D eigenvalue weighted by molar-refractivity contribution is -0.117. The van der Waals surface area contributed by atoms with Crippen LogP contribution in [0.25, 0.3) is 0 Å². The van der Waals surface area contributed by atoms with Crippen molar-refractivity contribution in [1.82, 2.24) is 5.32 Å². The van der Waals surface area contributed by atoms with Gasteiger partial charge in [0.1, 0.15) is 6.04 Å². The van der Waals surface area contributed by atoms with Crippen molar-refractivity contribution in [3.8, 4) is 0 Å². The molecule has 1 heterocycles. The normalized spacial score (nSPS) is 17.1. The van der Waals surface area contributed by atoms with Gasteiger partial charge in [-0.05, 0) is 17.7 Å². The smallest absolute Gasteiger partial charge is 0.246 e. The Morgan fingerprint density at radius 3 is 2.74 bits per heavy atom. The number of anilines is 1. The van der Waals surface area contributed by atoms with Gasteiger partial charge in [0.05, 0.1) is 0 Å². The quantitative estimate of drug-likeness (QED) is 0.912.